The fourth-order valence-electron chi connectivity index (χ4n) is 14.3. The fourth-order valence-corrected chi connectivity index (χ4v) is 14.3. The molecule has 0 saturated heterocycles. The van der Waals surface area contributed by atoms with Crippen LogP contribution >= 0.6 is 0 Å². The van der Waals surface area contributed by atoms with Gasteiger partial charge in [0.25, 0.3) is 0 Å². The summed E-state index contributed by atoms with van der Waals surface area (Å²) in [7, 11) is 0. The van der Waals surface area contributed by atoms with Crippen LogP contribution in [0, 0.1) is 56.2 Å². The van der Waals surface area contributed by atoms with Crippen LogP contribution in [0.25, 0.3) is 0 Å². The van der Waals surface area contributed by atoms with Crippen molar-refractivity contribution in [3.05, 3.63) is 12.7 Å². The molecule has 2 amide bonds. The summed E-state index contributed by atoms with van der Waals surface area (Å²) < 4.78 is 33.9. The molecule has 0 spiro atoms. The van der Waals surface area contributed by atoms with Crippen LogP contribution in [0.2, 0.25) is 0 Å². The Hall–Kier alpha value is -2.19. The number of alkyl halides is 2. The Kier molecular flexibility index (Phi) is 9.84. The van der Waals surface area contributed by atoms with Crippen LogP contribution in [0.4, 0.5) is 13.6 Å². The van der Waals surface area contributed by atoms with Gasteiger partial charge in [0.2, 0.25) is 5.92 Å². The average molecular weight is 731 g/mol. The number of ether oxygens (including phenoxy) is 1. The summed E-state index contributed by atoms with van der Waals surface area (Å²) in [5.74, 6) is -2.49. The third-order valence-electron chi connectivity index (χ3n) is 17.5. The molecule has 0 radical (unpaired) electrons. The number of aliphatic carboxylic acids is 1. The fraction of sp³-hybridized carbons (Fsp3) is 0.884. The van der Waals surface area contributed by atoms with Crippen LogP contribution in [0.3, 0.4) is 0 Å². The molecule has 0 bridgehead atoms. The minimum Gasteiger partial charge on any atom is -0.481 e. The van der Waals surface area contributed by atoms with Gasteiger partial charge < -0.3 is 20.5 Å². The molecule has 52 heavy (non-hydrogen) atoms. The van der Waals surface area contributed by atoms with Gasteiger partial charge in [-0.15, -0.1) is 6.58 Å². The Balaban J connectivity index is 1.24. The standard InChI is InChI=1S/C43H68F2N2O5/c1-10-41(11-2)23-25-42(47-35(51)46-27-14-20-43(44,45)21-15-27)24-22-39(8)28(33(41)42)12-13-30-38(7)18-17-31(52-32(48)26-36(3,4)34(49)50)37(5,6)29(38)16-19-40(30,39)9/h10,27-31,33H,1,11-26H2,2-9H3,(H,49,50)(H2,46,47,51)/t28?,29?,30?,31-,33?,38?,39+,40+,41?,42+/m0/s1. The van der Waals surface area contributed by atoms with Crippen molar-refractivity contribution >= 4 is 18.0 Å². The highest BCUT2D eigenvalue weighted by Crippen LogP contribution is 2.77. The lowest BCUT2D eigenvalue weighted by molar-refractivity contribution is -0.248. The van der Waals surface area contributed by atoms with Gasteiger partial charge in [0.05, 0.1) is 11.8 Å². The van der Waals surface area contributed by atoms with Gasteiger partial charge >= 0.3 is 18.0 Å². The van der Waals surface area contributed by atoms with Crippen molar-refractivity contribution in [3.8, 4) is 0 Å². The Labute approximate surface area is 311 Å². The summed E-state index contributed by atoms with van der Waals surface area (Å²) in [6.45, 7) is 22.1. The highest BCUT2D eigenvalue weighted by molar-refractivity contribution is 5.81. The molecule has 294 valence electrons. The number of amides is 2. The molecular formula is C43H68F2N2O5. The first kappa shape index (κ1) is 39.5. The van der Waals surface area contributed by atoms with E-state index in [-0.39, 0.29) is 76.0 Å². The van der Waals surface area contributed by atoms with Crippen molar-refractivity contribution in [2.45, 2.75) is 182 Å². The molecule has 0 heterocycles. The maximum Gasteiger partial charge on any atom is 0.315 e. The Morgan fingerprint density at radius 2 is 1.50 bits per heavy atom. The van der Waals surface area contributed by atoms with Gasteiger partial charge in [-0.3, -0.25) is 9.59 Å². The van der Waals surface area contributed by atoms with Crippen molar-refractivity contribution < 1.29 is 33.0 Å². The molecule has 6 aliphatic carbocycles. The van der Waals surface area contributed by atoms with E-state index >= 15 is 0 Å². The van der Waals surface area contributed by atoms with Crippen LogP contribution in [-0.4, -0.2) is 46.7 Å². The maximum absolute atomic E-state index is 13.9. The molecule has 6 fully saturated rings. The molecule has 7 nitrogen and oxygen atoms in total. The van der Waals surface area contributed by atoms with Crippen LogP contribution in [0.5, 0.6) is 0 Å². The van der Waals surface area contributed by atoms with Gasteiger partial charge in [-0.25, -0.2) is 13.6 Å². The van der Waals surface area contributed by atoms with E-state index in [2.05, 4.69) is 64.8 Å². The number of carbonyl (C=O) groups is 3. The molecular weight excluding hydrogens is 662 g/mol. The van der Waals surface area contributed by atoms with Crippen molar-refractivity contribution in [3.63, 3.8) is 0 Å². The van der Waals surface area contributed by atoms with E-state index in [1.165, 1.54) is 0 Å². The predicted octanol–water partition coefficient (Wildman–Crippen LogP) is 10.1. The number of allylic oxidation sites excluding steroid dienone is 1. The molecule has 9 heteroatoms. The minimum absolute atomic E-state index is 0.0643. The lowest BCUT2D eigenvalue weighted by Crippen LogP contribution is -2.70. The summed E-state index contributed by atoms with van der Waals surface area (Å²) >= 11 is 0. The molecule has 6 unspecified atom stereocenters. The number of fused-ring (bicyclic) bond motifs is 7. The molecule has 10 atom stereocenters. The van der Waals surface area contributed by atoms with Gasteiger partial charge in [0.1, 0.15) is 6.10 Å². The largest absolute Gasteiger partial charge is 0.481 e. The summed E-state index contributed by atoms with van der Waals surface area (Å²) in [5.41, 5.74) is -1.60. The molecule has 6 aliphatic rings. The second-order valence-electron chi connectivity index (χ2n) is 20.5. The van der Waals surface area contributed by atoms with E-state index in [1.54, 1.807) is 13.8 Å². The monoisotopic (exact) mass is 731 g/mol. The van der Waals surface area contributed by atoms with Crippen LogP contribution in [-0.2, 0) is 14.3 Å². The summed E-state index contributed by atoms with van der Waals surface area (Å²) in [6, 6.07) is -0.413. The molecule has 6 rings (SSSR count). The van der Waals surface area contributed by atoms with Gasteiger partial charge in [0, 0.05) is 29.8 Å². The van der Waals surface area contributed by atoms with Crippen molar-refractivity contribution in [2.24, 2.45) is 56.2 Å². The zero-order valence-electron chi connectivity index (χ0n) is 33.4. The second-order valence-corrected chi connectivity index (χ2v) is 20.5. The summed E-state index contributed by atoms with van der Waals surface area (Å²) in [4.78, 5) is 38.6. The number of nitrogens with one attached hydrogen (secondary N) is 2. The Morgan fingerprint density at radius 3 is 2.12 bits per heavy atom. The lowest BCUT2D eigenvalue weighted by atomic mass is 9.32. The SMILES string of the molecule is C=CC1(CC)CC[C@]2(NC(=O)NC3CCC(F)(F)CC3)CC[C@]3(C)C(CCC4C5(C)CC[C@H](OC(=O)CC(C)(C)C(=O)O)C(C)(C)C5CC[C@]43C)C12. The van der Waals surface area contributed by atoms with E-state index in [1.807, 2.05) is 0 Å². The number of urea groups is 1. The number of carbonyl (C=O) groups excluding carboxylic acids is 2. The topological polar surface area (TPSA) is 105 Å². The first-order valence-corrected chi connectivity index (χ1v) is 20.6. The van der Waals surface area contributed by atoms with E-state index in [0.717, 1.165) is 70.6 Å². The van der Waals surface area contributed by atoms with Crippen molar-refractivity contribution in [1.82, 2.24) is 10.6 Å². The highest BCUT2D eigenvalue weighted by Gasteiger charge is 2.72. The van der Waals surface area contributed by atoms with Crippen LogP contribution < -0.4 is 10.6 Å². The van der Waals surface area contributed by atoms with Gasteiger partial charge in [0.15, 0.2) is 0 Å². The third-order valence-corrected chi connectivity index (χ3v) is 17.5. The van der Waals surface area contributed by atoms with E-state index in [9.17, 15) is 28.3 Å². The number of esters is 1. The first-order chi connectivity index (χ1) is 24.0. The summed E-state index contributed by atoms with van der Waals surface area (Å²) in [6.07, 6.45) is 13.1. The van der Waals surface area contributed by atoms with E-state index in [0.29, 0.717) is 30.6 Å². The highest BCUT2D eigenvalue weighted by atomic mass is 19.3. The smallest absolute Gasteiger partial charge is 0.315 e. The van der Waals surface area contributed by atoms with Crippen molar-refractivity contribution in [2.75, 3.05) is 0 Å². The van der Waals surface area contributed by atoms with Crippen molar-refractivity contribution in [1.29, 1.82) is 0 Å². The number of carboxylic acid groups (broad SMARTS) is 1. The molecule has 0 aromatic rings. The number of hydrogen-bond donors (Lipinski definition) is 3. The molecule has 0 aliphatic heterocycles. The Bertz CT molecular complexity index is 1440. The van der Waals surface area contributed by atoms with Gasteiger partial charge in [-0.2, -0.15) is 0 Å². The Morgan fingerprint density at radius 1 is 0.846 bits per heavy atom. The number of halogens is 2. The number of rotatable bonds is 8. The van der Waals surface area contributed by atoms with E-state index < -0.39 is 23.3 Å². The molecule has 0 aromatic carbocycles. The normalized spacial score (nSPS) is 43.8. The molecule has 0 aromatic heterocycles. The van der Waals surface area contributed by atoms with Crippen LogP contribution in [0.1, 0.15) is 158 Å². The zero-order chi connectivity index (χ0) is 38.3. The maximum atomic E-state index is 13.9. The molecule has 3 N–H and O–H groups in total. The lowest BCUT2D eigenvalue weighted by Gasteiger charge is -2.73. The molecule has 6 saturated carbocycles. The van der Waals surface area contributed by atoms with Gasteiger partial charge in [-0.05, 0) is 143 Å². The zero-order valence-corrected chi connectivity index (χ0v) is 33.4. The van der Waals surface area contributed by atoms with Crippen LogP contribution in [0.15, 0.2) is 12.7 Å². The number of carboxylic acids is 1. The summed E-state index contributed by atoms with van der Waals surface area (Å²) in [5, 5.41) is 16.3. The number of hydrogen-bond acceptors (Lipinski definition) is 4. The quantitative estimate of drug-likeness (QED) is 0.170. The van der Waals surface area contributed by atoms with Gasteiger partial charge in [-0.1, -0.05) is 47.6 Å². The van der Waals surface area contributed by atoms with E-state index in [4.69, 9.17) is 4.74 Å². The minimum atomic E-state index is -2.63. The second kappa shape index (κ2) is 13.0. The first-order valence-electron chi connectivity index (χ1n) is 20.6. The predicted molar refractivity (Wildman–Crippen MR) is 199 cm³/mol. The third kappa shape index (κ3) is 6.03. The average Bonchev–Trinajstić information content (AvgIpc) is 3.38.